The largest absolute Gasteiger partial charge is 0.342 e. The fraction of sp³-hybridized carbons (Fsp3) is 0.0625. The van der Waals surface area contributed by atoms with Crippen LogP contribution in [-0.4, -0.2) is 38.1 Å². The van der Waals surface area contributed by atoms with Crippen LogP contribution in [0.5, 0.6) is 0 Å². The molecule has 0 saturated heterocycles. The Bertz CT molecular complexity index is 1010. The van der Waals surface area contributed by atoms with E-state index in [1.807, 2.05) is 0 Å². The summed E-state index contributed by atoms with van der Waals surface area (Å²) in [5, 5.41) is 9.73. The highest BCUT2D eigenvalue weighted by atomic mass is 79.9. The second-order valence-corrected chi connectivity index (χ2v) is 6.72. The molecule has 0 unspecified atom stereocenters. The van der Waals surface area contributed by atoms with E-state index in [1.165, 1.54) is 23.1 Å². The summed E-state index contributed by atoms with van der Waals surface area (Å²) < 4.78 is 1.71. The van der Waals surface area contributed by atoms with Crippen molar-refractivity contribution in [2.24, 2.45) is 0 Å². The lowest BCUT2D eigenvalue weighted by molar-refractivity contribution is -0.115. The molecule has 0 radical (unpaired) electrons. The maximum Gasteiger partial charge on any atom is 0.270 e. The van der Waals surface area contributed by atoms with Crippen LogP contribution in [0.2, 0.25) is 10.2 Å². The summed E-state index contributed by atoms with van der Waals surface area (Å²) in [7, 11) is 0. The second-order valence-electron chi connectivity index (χ2n) is 5.15. The van der Waals surface area contributed by atoms with Crippen LogP contribution in [0, 0.1) is 0 Å². The van der Waals surface area contributed by atoms with Crippen molar-refractivity contribution < 1.29 is 9.59 Å². The Morgan fingerprint density at radius 2 is 1.89 bits per heavy atom. The summed E-state index contributed by atoms with van der Waals surface area (Å²) in [4.78, 5) is 32.5. The maximum absolute atomic E-state index is 12.5. The van der Waals surface area contributed by atoms with E-state index in [9.17, 15) is 9.59 Å². The first-order valence-electron chi connectivity index (χ1n) is 7.50. The lowest BCUT2D eigenvalue weighted by Crippen LogP contribution is -2.34. The van der Waals surface area contributed by atoms with Crippen molar-refractivity contribution in [2.45, 2.75) is 0 Å². The highest BCUT2D eigenvalue weighted by Gasteiger charge is 2.19. The van der Waals surface area contributed by atoms with E-state index in [0.29, 0.717) is 21.1 Å². The summed E-state index contributed by atoms with van der Waals surface area (Å²) >= 11 is 15.2. The SMILES string of the molecule is O=C(CNC(=O)c1cc(Br)nn1-c1ncccc1Cl)Nc1cccnc1Cl. The molecule has 0 aromatic carbocycles. The zero-order valence-electron chi connectivity index (χ0n) is 13.5. The Balaban J connectivity index is 1.71. The molecule has 11 heteroatoms. The minimum Gasteiger partial charge on any atom is -0.342 e. The molecule has 8 nitrogen and oxygen atoms in total. The van der Waals surface area contributed by atoms with E-state index in [2.05, 4.69) is 41.6 Å². The zero-order chi connectivity index (χ0) is 19.4. The number of hydrogen-bond donors (Lipinski definition) is 2. The number of nitrogens with one attached hydrogen (secondary N) is 2. The normalized spacial score (nSPS) is 10.5. The highest BCUT2D eigenvalue weighted by molar-refractivity contribution is 9.10. The molecule has 3 aromatic rings. The maximum atomic E-state index is 12.5. The molecule has 3 rings (SSSR count). The molecule has 0 aliphatic carbocycles. The van der Waals surface area contributed by atoms with E-state index in [1.54, 1.807) is 24.3 Å². The Labute approximate surface area is 172 Å². The van der Waals surface area contributed by atoms with Gasteiger partial charge in [0.25, 0.3) is 5.91 Å². The summed E-state index contributed by atoms with van der Waals surface area (Å²) in [6, 6.07) is 8.03. The number of rotatable bonds is 5. The van der Waals surface area contributed by atoms with Crippen molar-refractivity contribution in [3.8, 4) is 5.82 Å². The second kappa shape index (κ2) is 8.47. The van der Waals surface area contributed by atoms with Crippen LogP contribution in [-0.2, 0) is 4.79 Å². The molecule has 138 valence electrons. The van der Waals surface area contributed by atoms with Crippen molar-refractivity contribution in [2.75, 3.05) is 11.9 Å². The summed E-state index contributed by atoms with van der Waals surface area (Å²) in [6.45, 7) is -0.275. The van der Waals surface area contributed by atoms with E-state index in [4.69, 9.17) is 23.2 Å². The third kappa shape index (κ3) is 4.62. The van der Waals surface area contributed by atoms with Crippen LogP contribution in [0.1, 0.15) is 10.5 Å². The van der Waals surface area contributed by atoms with Crippen LogP contribution in [0.3, 0.4) is 0 Å². The molecule has 0 aliphatic rings. The van der Waals surface area contributed by atoms with Gasteiger partial charge in [0.1, 0.15) is 10.3 Å². The number of amides is 2. The molecule has 2 amide bonds. The van der Waals surface area contributed by atoms with Gasteiger partial charge < -0.3 is 10.6 Å². The van der Waals surface area contributed by atoms with Crippen molar-refractivity contribution in [3.63, 3.8) is 0 Å². The van der Waals surface area contributed by atoms with Gasteiger partial charge in [-0.3, -0.25) is 9.59 Å². The van der Waals surface area contributed by atoms with Gasteiger partial charge in [0.2, 0.25) is 5.91 Å². The molecule has 2 N–H and O–H groups in total. The molecule has 0 aliphatic heterocycles. The number of nitrogens with zero attached hydrogens (tertiary/aromatic N) is 4. The molecule has 27 heavy (non-hydrogen) atoms. The first-order valence-corrected chi connectivity index (χ1v) is 9.05. The van der Waals surface area contributed by atoms with E-state index in [-0.39, 0.29) is 17.4 Å². The van der Waals surface area contributed by atoms with Crippen LogP contribution in [0.25, 0.3) is 5.82 Å². The molecule has 3 heterocycles. The van der Waals surface area contributed by atoms with Gasteiger partial charge in [-0.25, -0.2) is 14.6 Å². The van der Waals surface area contributed by atoms with Crippen molar-refractivity contribution in [1.29, 1.82) is 0 Å². The van der Waals surface area contributed by atoms with Gasteiger partial charge in [-0.1, -0.05) is 23.2 Å². The van der Waals surface area contributed by atoms with Gasteiger partial charge in [-0.2, -0.15) is 5.10 Å². The Morgan fingerprint density at radius 1 is 1.15 bits per heavy atom. The van der Waals surface area contributed by atoms with Gasteiger partial charge >= 0.3 is 0 Å². The third-order valence-electron chi connectivity index (χ3n) is 3.29. The summed E-state index contributed by atoms with van der Waals surface area (Å²) in [5.74, 6) is -0.691. The minimum absolute atomic E-state index is 0.156. The average Bonchev–Trinajstić information content (AvgIpc) is 3.03. The molecule has 0 fully saturated rings. The van der Waals surface area contributed by atoms with Crippen LogP contribution < -0.4 is 10.6 Å². The number of anilines is 1. The van der Waals surface area contributed by atoms with Crippen molar-refractivity contribution >= 4 is 56.6 Å². The lowest BCUT2D eigenvalue weighted by atomic mass is 10.3. The van der Waals surface area contributed by atoms with Crippen LogP contribution in [0.4, 0.5) is 5.69 Å². The summed E-state index contributed by atoms with van der Waals surface area (Å²) in [5.41, 5.74) is 0.515. The lowest BCUT2D eigenvalue weighted by Gasteiger charge is -2.09. The molecule has 3 aromatic heterocycles. The van der Waals surface area contributed by atoms with Gasteiger partial charge in [0.15, 0.2) is 11.0 Å². The number of carbonyl (C=O) groups excluding carboxylic acids is 2. The zero-order valence-corrected chi connectivity index (χ0v) is 16.6. The van der Waals surface area contributed by atoms with Crippen LogP contribution in [0.15, 0.2) is 47.3 Å². The number of hydrogen-bond acceptors (Lipinski definition) is 5. The Kier molecular flexibility index (Phi) is 6.04. The van der Waals surface area contributed by atoms with Gasteiger partial charge in [-0.15, -0.1) is 0 Å². The van der Waals surface area contributed by atoms with E-state index >= 15 is 0 Å². The predicted octanol–water partition coefficient (Wildman–Crippen LogP) is 3.10. The van der Waals surface area contributed by atoms with Crippen molar-refractivity contribution in [3.05, 3.63) is 63.2 Å². The van der Waals surface area contributed by atoms with E-state index in [0.717, 1.165) is 0 Å². The quantitative estimate of drug-likeness (QED) is 0.559. The van der Waals surface area contributed by atoms with Gasteiger partial charge in [0.05, 0.1) is 17.3 Å². The average molecular weight is 470 g/mol. The number of carbonyl (C=O) groups is 2. The predicted molar refractivity (Wildman–Crippen MR) is 104 cm³/mol. The molecular formula is C16H11BrCl2N6O2. The first kappa shape index (κ1) is 19.3. The Hall–Kier alpha value is -2.49. The highest BCUT2D eigenvalue weighted by Crippen LogP contribution is 2.21. The first-order chi connectivity index (χ1) is 13.0. The fourth-order valence-electron chi connectivity index (χ4n) is 2.13. The molecular weight excluding hydrogens is 459 g/mol. The van der Waals surface area contributed by atoms with E-state index < -0.39 is 11.8 Å². The van der Waals surface area contributed by atoms with Crippen LogP contribution >= 0.6 is 39.1 Å². The number of aromatic nitrogens is 4. The smallest absolute Gasteiger partial charge is 0.270 e. The van der Waals surface area contributed by atoms with Gasteiger partial charge in [-0.05, 0) is 40.2 Å². The van der Waals surface area contributed by atoms with Gasteiger partial charge in [0, 0.05) is 18.5 Å². The monoisotopic (exact) mass is 468 g/mol. The molecule has 0 saturated carbocycles. The molecule has 0 spiro atoms. The molecule has 0 bridgehead atoms. The fourth-order valence-corrected chi connectivity index (χ4v) is 2.88. The minimum atomic E-state index is -0.526. The number of pyridine rings is 2. The summed E-state index contributed by atoms with van der Waals surface area (Å²) in [6.07, 6.45) is 3.03. The third-order valence-corrected chi connectivity index (χ3v) is 4.28. The Morgan fingerprint density at radius 3 is 2.63 bits per heavy atom. The standard InChI is InChI=1S/C16H11BrCl2N6O2/c17-12-7-11(25(24-12)15-9(18)3-1-6-21-15)16(27)22-8-13(26)23-10-4-2-5-20-14(10)19/h1-7H,8H2,(H,22,27)(H,23,26). The topological polar surface area (TPSA) is 102 Å². The molecule has 0 atom stereocenters. The number of halogens is 3. The van der Waals surface area contributed by atoms with Crippen molar-refractivity contribution in [1.82, 2.24) is 25.1 Å².